The number of aliphatic carboxylic acids is 1. The van der Waals surface area contributed by atoms with Gasteiger partial charge in [0.2, 0.25) is 0 Å². The number of nitrogens with zero attached hydrogens (tertiary/aromatic N) is 1. The fraction of sp³-hybridized carbons (Fsp3) is 0.467. The Bertz CT molecular complexity index is 519. The van der Waals surface area contributed by atoms with Gasteiger partial charge in [-0.25, -0.2) is 9.59 Å². The fourth-order valence-electron chi connectivity index (χ4n) is 1.84. The largest absolute Gasteiger partial charge is 0.479 e. The number of carbonyl (C=O) groups excluding carboxylic acids is 1. The first-order valence-electron chi connectivity index (χ1n) is 6.76. The Kier molecular flexibility index (Phi) is 6.03. The molecule has 0 fully saturated rings. The summed E-state index contributed by atoms with van der Waals surface area (Å²) in [6, 6.07) is 4.96. The molecule has 0 saturated heterocycles. The van der Waals surface area contributed by atoms with E-state index in [0.29, 0.717) is 10.6 Å². The second-order valence-electron chi connectivity index (χ2n) is 5.34. The zero-order valence-electron chi connectivity index (χ0n) is 12.6. The van der Waals surface area contributed by atoms with E-state index in [1.165, 1.54) is 4.90 Å². The van der Waals surface area contributed by atoms with Gasteiger partial charge in [-0.3, -0.25) is 0 Å². The molecule has 2 atom stereocenters. The van der Waals surface area contributed by atoms with Crippen LogP contribution in [0.3, 0.4) is 0 Å². The summed E-state index contributed by atoms with van der Waals surface area (Å²) in [7, 11) is 1.64. The Morgan fingerprint density at radius 2 is 1.81 bits per heavy atom. The van der Waals surface area contributed by atoms with Crippen LogP contribution in [0.15, 0.2) is 24.3 Å². The third kappa shape index (κ3) is 4.36. The summed E-state index contributed by atoms with van der Waals surface area (Å²) in [4.78, 5) is 25.1. The monoisotopic (exact) mass is 312 g/mol. The third-order valence-electron chi connectivity index (χ3n) is 3.63. The molecule has 1 aromatic carbocycles. The van der Waals surface area contributed by atoms with Gasteiger partial charge in [-0.2, -0.15) is 0 Å². The van der Waals surface area contributed by atoms with Gasteiger partial charge in [0.25, 0.3) is 0 Å². The first kappa shape index (κ1) is 17.3. The van der Waals surface area contributed by atoms with Gasteiger partial charge in [-0.05, 0) is 18.9 Å². The molecule has 21 heavy (non-hydrogen) atoms. The van der Waals surface area contributed by atoms with Crippen LogP contribution in [0.2, 0.25) is 5.02 Å². The normalized spacial score (nSPS) is 13.6. The standard InChI is InChI=1S/C15H21ClN2O3/c1-9(2)10(3)18(4)15(21)17-13(14(19)20)11-7-5-6-8-12(11)16/h5-10,13H,1-4H3,(H,17,21)(H,19,20)/t10?,13-/m1/s1. The summed E-state index contributed by atoms with van der Waals surface area (Å²) in [6.45, 7) is 5.91. The Balaban J connectivity index is 2.93. The Hall–Kier alpha value is -1.75. The number of carboxylic acid groups (broad SMARTS) is 1. The van der Waals surface area contributed by atoms with Crippen molar-refractivity contribution >= 4 is 23.6 Å². The average molecular weight is 313 g/mol. The Morgan fingerprint density at radius 3 is 2.29 bits per heavy atom. The molecule has 0 aromatic heterocycles. The van der Waals surface area contributed by atoms with Crippen LogP contribution in [0.25, 0.3) is 0 Å². The van der Waals surface area contributed by atoms with Crippen molar-refractivity contribution in [2.75, 3.05) is 7.05 Å². The van der Waals surface area contributed by atoms with Gasteiger partial charge in [0.1, 0.15) is 0 Å². The third-order valence-corrected chi connectivity index (χ3v) is 3.97. The average Bonchev–Trinajstić information content (AvgIpc) is 2.43. The topological polar surface area (TPSA) is 69.6 Å². The lowest BCUT2D eigenvalue weighted by molar-refractivity contribution is -0.139. The zero-order valence-corrected chi connectivity index (χ0v) is 13.4. The minimum atomic E-state index is -1.17. The van der Waals surface area contributed by atoms with Crippen molar-refractivity contribution in [3.05, 3.63) is 34.9 Å². The van der Waals surface area contributed by atoms with Crippen molar-refractivity contribution in [1.82, 2.24) is 10.2 Å². The lowest BCUT2D eigenvalue weighted by Gasteiger charge is -2.29. The molecule has 0 heterocycles. The highest BCUT2D eigenvalue weighted by Crippen LogP contribution is 2.23. The predicted octanol–water partition coefficient (Wildman–Crippen LogP) is 3.15. The number of amides is 2. The van der Waals surface area contributed by atoms with E-state index in [1.54, 1.807) is 31.3 Å². The number of hydrogen-bond acceptors (Lipinski definition) is 2. The summed E-state index contributed by atoms with van der Waals surface area (Å²) >= 11 is 6.01. The number of halogens is 1. The maximum Gasteiger partial charge on any atom is 0.331 e. The van der Waals surface area contributed by atoms with Gasteiger partial charge in [0.05, 0.1) is 0 Å². The van der Waals surface area contributed by atoms with Crippen molar-refractivity contribution in [2.24, 2.45) is 5.92 Å². The van der Waals surface area contributed by atoms with E-state index in [0.717, 1.165) is 0 Å². The molecule has 0 radical (unpaired) electrons. The maximum atomic E-state index is 12.2. The minimum absolute atomic E-state index is 0.00862. The maximum absolute atomic E-state index is 12.2. The molecule has 0 aliphatic carbocycles. The van der Waals surface area contributed by atoms with E-state index in [9.17, 15) is 14.7 Å². The number of carboxylic acids is 1. The molecule has 2 N–H and O–H groups in total. The number of urea groups is 1. The number of rotatable bonds is 5. The first-order valence-corrected chi connectivity index (χ1v) is 7.14. The van der Waals surface area contributed by atoms with Gasteiger partial charge in [0.15, 0.2) is 6.04 Å². The highest BCUT2D eigenvalue weighted by molar-refractivity contribution is 6.31. The summed E-state index contributed by atoms with van der Waals surface area (Å²) < 4.78 is 0. The van der Waals surface area contributed by atoms with Crippen molar-refractivity contribution in [1.29, 1.82) is 0 Å². The predicted molar refractivity (Wildman–Crippen MR) is 82.4 cm³/mol. The molecule has 1 aromatic rings. The van der Waals surface area contributed by atoms with Gasteiger partial charge in [-0.15, -0.1) is 0 Å². The molecule has 116 valence electrons. The van der Waals surface area contributed by atoms with Crippen molar-refractivity contribution in [3.8, 4) is 0 Å². The van der Waals surface area contributed by atoms with Gasteiger partial charge in [0, 0.05) is 23.7 Å². The van der Waals surface area contributed by atoms with Crippen LogP contribution >= 0.6 is 11.6 Å². The molecule has 6 heteroatoms. The summed E-state index contributed by atoms with van der Waals surface area (Å²) in [5.41, 5.74) is 0.366. The van der Waals surface area contributed by atoms with Crippen LogP contribution in [0.1, 0.15) is 32.4 Å². The van der Waals surface area contributed by atoms with E-state index in [4.69, 9.17) is 11.6 Å². The molecule has 0 bridgehead atoms. The number of benzene rings is 1. The molecule has 1 rings (SSSR count). The molecular formula is C15H21ClN2O3. The molecule has 2 amide bonds. The second kappa shape index (κ2) is 7.31. The Labute approximate surface area is 129 Å². The van der Waals surface area contributed by atoms with Crippen molar-refractivity contribution in [2.45, 2.75) is 32.9 Å². The number of nitrogens with one attached hydrogen (secondary N) is 1. The SMILES string of the molecule is CC(C)C(C)N(C)C(=O)N[C@@H](C(=O)O)c1ccccc1Cl. The highest BCUT2D eigenvalue weighted by atomic mass is 35.5. The van der Waals surface area contributed by atoms with E-state index in [1.807, 2.05) is 20.8 Å². The molecule has 0 aliphatic rings. The van der Waals surface area contributed by atoms with Crippen LogP contribution < -0.4 is 5.32 Å². The van der Waals surface area contributed by atoms with Crippen LogP contribution in [0, 0.1) is 5.92 Å². The van der Waals surface area contributed by atoms with E-state index in [2.05, 4.69) is 5.32 Å². The molecule has 0 spiro atoms. The smallest absolute Gasteiger partial charge is 0.331 e. The molecule has 0 aliphatic heterocycles. The first-order chi connectivity index (χ1) is 9.75. The molecule has 0 saturated carbocycles. The molecule has 1 unspecified atom stereocenters. The van der Waals surface area contributed by atoms with Crippen LogP contribution in [0.4, 0.5) is 4.79 Å². The molecule has 5 nitrogen and oxygen atoms in total. The van der Waals surface area contributed by atoms with E-state index < -0.39 is 18.0 Å². The second-order valence-corrected chi connectivity index (χ2v) is 5.74. The lowest BCUT2D eigenvalue weighted by Crippen LogP contribution is -2.47. The summed E-state index contributed by atoms with van der Waals surface area (Å²) in [5.74, 6) is -0.883. The van der Waals surface area contributed by atoms with Gasteiger partial charge in [-0.1, -0.05) is 43.6 Å². The molecular weight excluding hydrogens is 292 g/mol. The zero-order chi connectivity index (χ0) is 16.2. The fourth-order valence-corrected chi connectivity index (χ4v) is 2.08. The van der Waals surface area contributed by atoms with E-state index in [-0.39, 0.29) is 12.0 Å². The van der Waals surface area contributed by atoms with Crippen LogP contribution in [-0.4, -0.2) is 35.1 Å². The number of hydrogen-bond donors (Lipinski definition) is 2. The Morgan fingerprint density at radius 1 is 1.24 bits per heavy atom. The summed E-state index contributed by atoms with van der Waals surface area (Å²) in [5, 5.41) is 12.2. The van der Waals surface area contributed by atoms with Crippen molar-refractivity contribution < 1.29 is 14.7 Å². The highest BCUT2D eigenvalue weighted by Gasteiger charge is 2.27. The quantitative estimate of drug-likeness (QED) is 0.877. The number of carbonyl (C=O) groups is 2. The van der Waals surface area contributed by atoms with Crippen LogP contribution in [0.5, 0.6) is 0 Å². The lowest BCUT2D eigenvalue weighted by atomic mass is 10.1. The van der Waals surface area contributed by atoms with Gasteiger partial charge < -0.3 is 15.3 Å². The summed E-state index contributed by atoms with van der Waals surface area (Å²) in [6.07, 6.45) is 0. The van der Waals surface area contributed by atoms with Crippen molar-refractivity contribution in [3.63, 3.8) is 0 Å². The van der Waals surface area contributed by atoms with E-state index >= 15 is 0 Å². The van der Waals surface area contributed by atoms with Gasteiger partial charge >= 0.3 is 12.0 Å². The van der Waals surface area contributed by atoms with Crippen LogP contribution in [-0.2, 0) is 4.79 Å². The minimum Gasteiger partial charge on any atom is -0.479 e.